The summed E-state index contributed by atoms with van der Waals surface area (Å²) >= 11 is 0. The lowest BCUT2D eigenvalue weighted by Gasteiger charge is -2.10. The summed E-state index contributed by atoms with van der Waals surface area (Å²) < 4.78 is 31.5. The van der Waals surface area contributed by atoms with Gasteiger partial charge in [0.1, 0.15) is 0 Å². The fourth-order valence-corrected chi connectivity index (χ4v) is 3.03. The summed E-state index contributed by atoms with van der Waals surface area (Å²) in [5.41, 5.74) is -0.0848. The molecule has 0 amide bonds. The SMILES string of the molecule is COCCNCCNS(=O)(=O)c1cccc([N+](=O)[O-])c1C. The molecule has 1 rings (SSSR count). The van der Waals surface area contributed by atoms with Gasteiger partial charge in [-0.2, -0.15) is 0 Å². The number of hydrogen-bond acceptors (Lipinski definition) is 6. The maximum atomic E-state index is 12.1. The Morgan fingerprint density at radius 3 is 2.62 bits per heavy atom. The van der Waals surface area contributed by atoms with Crippen LogP contribution in [0.2, 0.25) is 0 Å². The third-order valence-corrected chi connectivity index (χ3v) is 4.42. The van der Waals surface area contributed by atoms with Crippen molar-refractivity contribution in [3.05, 3.63) is 33.9 Å². The molecule has 0 fully saturated rings. The molecule has 0 aliphatic carbocycles. The fraction of sp³-hybridized carbons (Fsp3) is 0.500. The summed E-state index contributed by atoms with van der Waals surface area (Å²) in [4.78, 5) is 10.2. The number of rotatable bonds is 9. The van der Waals surface area contributed by atoms with Gasteiger partial charge >= 0.3 is 0 Å². The minimum atomic E-state index is -3.77. The van der Waals surface area contributed by atoms with Crippen molar-refractivity contribution in [1.82, 2.24) is 10.0 Å². The Morgan fingerprint density at radius 1 is 1.29 bits per heavy atom. The van der Waals surface area contributed by atoms with Crippen LogP contribution in [-0.4, -0.2) is 46.7 Å². The minimum Gasteiger partial charge on any atom is -0.383 e. The second-order valence-electron chi connectivity index (χ2n) is 4.30. The maximum absolute atomic E-state index is 12.1. The Morgan fingerprint density at radius 2 is 2.00 bits per heavy atom. The Kier molecular flexibility index (Phi) is 6.69. The van der Waals surface area contributed by atoms with E-state index in [1.807, 2.05) is 0 Å². The van der Waals surface area contributed by atoms with Gasteiger partial charge < -0.3 is 10.1 Å². The molecule has 1 aromatic rings. The van der Waals surface area contributed by atoms with E-state index in [0.29, 0.717) is 19.7 Å². The molecule has 8 nitrogen and oxygen atoms in total. The van der Waals surface area contributed by atoms with Crippen LogP contribution in [0.3, 0.4) is 0 Å². The number of nitrogens with one attached hydrogen (secondary N) is 2. The summed E-state index contributed by atoms with van der Waals surface area (Å²) in [6.45, 7) is 3.21. The van der Waals surface area contributed by atoms with E-state index in [-0.39, 0.29) is 22.7 Å². The number of hydrogen-bond donors (Lipinski definition) is 2. The number of ether oxygens (including phenoxy) is 1. The first-order valence-electron chi connectivity index (χ1n) is 6.33. The van der Waals surface area contributed by atoms with Gasteiger partial charge in [-0.05, 0) is 13.0 Å². The molecule has 1 aromatic carbocycles. The highest BCUT2D eigenvalue weighted by Crippen LogP contribution is 2.24. The Balaban J connectivity index is 2.71. The molecule has 0 aliphatic heterocycles. The largest absolute Gasteiger partial charge is 0.383 e. The second kappa shape index (κ2) is 8.03. The predicted octanol–water partition coefficient (Wildman–Crippen LogP) is 0.418. The van der Waals surface area contributed by atoms with Crippen LogP contribution in [0.5, 0.6) is 0 Å². The molecule has 118 valence electrons. The zero-order chi connectivity index (χ0) is 15.9. The van der Waals surface area contributed by atoms with E-state index >= 15 is 0 Å². The molecule has 9 heteroatoms. The molecule has 0 atom stereocenters. The molecule has 0 aromatic heterocycles. The molecule has 2 N–H and O–H groups in total. The highest BCUT2D eigenvalue weighted by Gasteiger charge is 2.22. The fourth-order valence-electron chi connectivity index (χ4n) is 1.74. The van der Waals surface area contributed by atoms with E-state index in [1.165, 1.54) is 25.1 Å². The second-order valence-corrected chi connectivity index (χ2v) is 6.03. The molecule has 0 bridgehead atoms. The van der Waals surface area contributed by atoms with Crippen molar-refractivity contribution in [2.45, 2.75) is 11.8 Å². The molecular formula is C12H19N3O5S. The summed E-state index contributed by atoms with van der Waals surface area (Å²) in [5.74, 6) is 0. The van der Waals surface area contributed by atoms with Gasteiger partial charge in [-0.15, -0.1) is 0 Å². The summed E-state index contributed by atoms with van der Waals surface area (Å²) in [6, 6.07) is 3.99. The maximum Gasteiger partial charge on any atom is 0.273 e. The van der Waals surface area contributed by atoms with Crippen LogP contribution in [0.1, 0.15) is 5.56 Å². The first kappa shape index (κ1) is 17.5. The topological polar surface area (TPSA) is 111 Å². The van der Waals surface area contributed by atoms with Gasteiger partial charge in [0.05, 0.1) is 16.4 Å². The van der Waals surface area contributed by atoms with Crippen molar-refractivity contribution in [1.29, 1.82) is 0 Å². The van der Waals surface area contributed by atoms with Crippen molar-refractivity contribution < 1.29 is 18.1 Å². The normalized spacial score (nSPS) is 11.5. The number of nitro groups is 1. The van der Waals surface area contributed by atoms with E-state index in [0.717, 1.165) is 0 Å². The first-order chi connectivity index (χ1) is 9.90. The molecule has 0 aliphatic rings. The van der Waals surface area contributed by atoms with Crippen LogP contribution >= 0.6 is 0 Å². The van der Waals surface area contributed by atoms with Crippen LogP contribution in [-0.2, 0) is 14.8 Å². The van der Waals surface area contributed by atoms with Gasteiger partial charge in [0.25, 0.3) is 5.69 Å². The van der Waals surface area contributed by atoms with E-state index in [2.05, 4.69) is 10.0 Å². The average molecular weight is 317 g/mol. The zero-order valence-electron chi connectivity index (χ0n) is 12.0. The summed E-state index contributed by atoms with van der Waals surface area (Å²) in [7, 11) is -2.19. The highest BCUT2D eigenvalue weighted by molar-refractivity contribution is 7.89. The Hall–Kier alpha value is -1.55. The van der Waals surface area contributed by atoms with Gasteiger partial charge in [-0.25, -0.2) is 13.1 Å². The Labute approximate surface area is 123 Å². The molecular weight excluding hydrogens is 298 g/mol. The van der Waals surface area contributed by atoms with Crippen molar-refractivity contribution in [2.24, 2.45) is 0 Å². The molecule has 0 saturated heterocycles. The molecule has 21 heavy (non-hydrogen) atoms. The minimum absolute atomic E-state index is 0.0754. The quantitative estimate of drug-likeness (QED) is 0.388. The number of nitro benzene ring substituents is 1. The third-order valence-electron chi connectivity index (χ3n) is 2.82. The lowest BCUT2D eigenvalue weighted by Crippen LogP contribution is -2.33. The van der Waals surface area contributed by atoms with Crippen molar-refractivity contribution >= 4 is 15.7 Å². The smallest absolute Gasteiger partial charge is 0.273 e. The molecule has 0 radical (unpaired) electrons. The van der Waals surface area contributed by atoms with E-state index in [9.17, 15) is 18.5 Å². The lowest BCUT2D eigenvalue weighted by molar-refractivity contribution is -0.385. The van der Waals surface area contributed by atoms with Crippen molar-refractivity contribution in [3.63, 3.8) is 0 Å². The van der Waals surface area contributed by atoms with Crippen LogP contribution in [0.4, 0.5) is 5.69 Å². The van der Waals surface area contributed by atoms with E-state index in [1.54, 1.807) is 7.11 Å². The van der Waals surface area contributed by atoms with Gasteiger partial charge in [0.15, 0.2) is 0 Å². The predicted molar refractivity (Wildman–Crippen MR) is 77.8 cm³/mol. The molecule has 0 spiro atoms. The van der Waals surface area contributed by atoms with E-state index in [4.69, 9.17) is 4.74 Å². The standard InChI is InChI=1S/C12H19N3O5S/c1-10-11(15(16)17)4-3-5-12(10)21(18,19)14-7-6-13-8-9-20-2/h3-5,13-14H,6-9H2,1-2H3. The van der Waals surface area contributed by atoms with Gasteiger partial charge in [0, 0.05) is 38.4 Å². The van der Waals surface area contributed by atoms with Crippen LogP contribution in [0.15, 0.2) is 23.1 Å². The van der Waals surface area contributed by atoms with Crippen LogP contribution < -0.4 is 10.0 Å². The lowest BCUT2D eigenvalue weighted by atomic mass is 10.2. The van der Waals surface area contributed by atoms with E-state index < -0.39 is 14.9 Å². The Bertz CT molecular complexity index is 589. The number of methoxy groups -OCH3 is 1. The monoisotopic (exact) mass is 317 g/mol. The van der Waals surface area contributed by atoms with Crippen molar-refractivity contribution in [2.75, 3.05) is 33.4 Å². The van der Waals surface area contributed by atoms with Crippen LogP contribution in [0.25, 0.3) is 0 Å². The summed E-state index contributed by atoms with van der Waals surface area (Å²) in [5, 5.41) is 13.8. The van der Waals surface area contributed by atoms with Gasteiger partial charge in [-0.3, -0.25) is 10.1 Å². The molecule has 0 saturated carbocycles. The third kappa shape index (κ3) is 5.05. The average Bonchev–Trinajstić information content (AvgIpc) is 2.42. The number of sulfonamides is 1. The first-order valence-corrected chi connectivity index (χ1v) is 7.82. The number of benzene rings is 1. The molecule has 0 unspecified atom stereocenters. The van der Waals surface area contributed by atoms with Crippen LogP contribution in [0, 0.1) is 17.0 Å². The van der Waals surface area contributed by atoms with Crippen molar-refractivity contribution in [3.8, 4) is 0 Å². The summed E-state index contributed by atoms with van der Waals surface area (Å²) in [6.07, 6.45) is 0. The highest BCUT2D eigenvalue weighted by atomic mass is 32.2. The number of nitrogens with zero attached hydrogens (tertiary/aromatic N) is 1. The van der Waals surface area contributed by atoms with Gasteiger partial charge in [0.2, 0.25) is 10.0 Å². The van der Waals surface area contributed by atoms with Gasteiger partial charge in [-0.1, -0.05) is 6.07 Å². The zero-order valence-corrected chi connectivity index (χ0v) is 12.8. The molecule has 0 heterocycles.